The Hall–Kier alpha value is -0.900. The zero-order chi connectivity index (χ0) is 20.4. The van der Waals surface area contributed by atoms with E-state index in [9.17, 15) is 10.2 Å². The number of β-amino-alcohol motifs (C(OH)–C–C–N with tert-alkyl or cyclic N) is 1. The van der Waals surface area contributed by atoms with Gasteiger partial charge in [-0.15, -0.1) is 0 Å². The average Bonchev–Trinajstić information content (AvgIpc) is 3.04. The van der Waals surface area contributed by atoms with Gasteiger partial charge in [0.25, 0.3) is 0 Å². The predicted octanol–water partition coefficient (Wildman–Crippen LogP) is 5.00. The number of hydrogen-bond donors (Lipinski definition) is 2. The molecule has 2 N–H and O–H groups in total. The Morgan fingerprint density at radius 2 is 1.97 bits per heavy atom. The first kappa shape index (κ1) is 21.3. The van der Waals surface area contributed by atoms with Crippen LogP contribution in [0.5, 0.6) is 0 Å². The van der Waals surface area contributed by atoms with Crippen LogP contribution in [-0.2, 0) is 0 Å². The molecule has 3 nitrogen and oxygen atoms in total. The van der Waals surface area contributed by atoms with Crippen molar-refractivity contribution in [2.75, 3.05) is 19.6 Å². The number of allylic oxidation sites excluding steroid dienone is 3. The van der Waals surface area contributed by atoms with Crippen LogP contribution in [0.1, 0.15) is 77.6 Å². The third-order valence-corrected chi connectivity index (χ3v) is 8.66. The molecule has 0 amide bonds. The summed E-state index contributed by atoms with van der Waals surface area (Å²) >= 11 is 0. The van der Waals surface area contributed by atoms with Crippen LogP contribution in [0.4, 0.5) is 0 Å². The van der Waals surface area contributed by atoms with Gasteiger partial charge in [-0.3, -0.25) is 0 Å². The molecule has 3 saturated carbocycles. The molecular formula is C26H41NO2. The molecule has 4 aliphatic rings. The summed E-state index contributed by atoms with van der Waals surface area (Å²) in [5.74, 6) is 1.57. The average molecular weight is 400 g/mol. The second-order valence-electron chi connectivity index (χ2n) is 10.5. The maximum atomic E-state index is 10.1. The van der Waals surface area contributed by atoms with Crippen molar-refractivity contribution in [1.82, 2.24) is 4.90 Å². The first-order chi connectivity index (χ1) is 14.0. The normalized spacial score (nSPS) is 41.8. The quantitative estimate of drug-likeness (QED) is 0.654. The molecule has 4 rings (SSSR count). The molecule has 0 spiro atoms. The molecule has 0 aromatic carbocycles. The Bertz CT molecular complexity index is 666. The Kier molecular flexibility index (Phi) is 6.68. The van der Waals surface area contributed by atoms with Gasteiger partial charge in [-0.25, -0.2) is 0 Å². The van der Waals surface area contributed by atoms with Gasteiger partial charge in [0.05, 0.1) is 12.2 Å². The highest BCUT2D eigenvalue weighted by atomic mass is 16.3. The Balaban J connectivity index is 1.39. The van der Waals surface area contributed by atoms with E-state index in [1.165, 1.54) is 50.6 Å². The number of likely N-dealkylation sites (tertiary alicyclic amines) is 1. The lowest BCUT2D eigenvalue weighted by atomic mass is 9.63. The summed E-state index contributed by atoms with van der Waals surface area (Å²) in [6.45, 7) is 9.76. The maximum absolute atomic E-state index is 10.1. The van der Waals surface area contributed by atoms with Crippen molar-refractivity contribution in [1.29, 1.82) is 0 Å². The van der Waals surface area contributed by atoms with Gasteiger partial charge in [0.1, 0.15) is 0 Å². The fraction of sp³-hybridized carbons (Fsp3) is 0.769. The van der Waals surface area contributed by atoms with Crippen LogP contribution < -0.4 is 0 Å². The van der Waals surface area contributed by atoms with Crippen molar-refractivity contribution >= 4 is 0 Å². The standard InChI is InChI=1S/C26H41NO2/c1-19-7-8-20(17-25(19)29)9-10-21-5-3-14-26(2)22(11-12-24(21)26)13-16-27-15-4-6-23(28)18-27/h9-10,22-25,28-29H,1,3-8,11-18H2,2H3/b20-9-,21-10+/t22?,23-,24?,25?,26?/m0/s1. The van der Waals surface area contributed by atoms with Gasteiger partial charge in [-0.05, 0) is 107 Å². The summed E-state index contributed by atoms with van der Waals surface area (Å²) in [4.78, 5) is 2.50. The highest BCUT2D eigenvalue weighted by molar-refractivity contribution is 5.27. The first-order valence-electron chi connectivity index (χ1n) is 12.1. The molecule has 1 aliphatic heterocycles. The van der Waals surface area contributed by atoms with Crippen LogP contribution in [-0.4, -0.2) is 47.0 Å². The summed E-state index contributed by atoms with van der Waals surface area (Å²) in [6.07, 6.45) is 17.2. The van der Waals surface area contributed by atoms with Crippen LogP contribution in [0.2, 0.25) is 0 Å². The van der Waals surface area contributed by atoms with Gasteiger partial charge in [0, 0.05) is 6.54 Å². The smallest absolute Gasteiger partial charge is 0.0784 e. The molecule has 0 radical (unpaired) electrons. The van der Waals surface area contributed by atoms with Crippen molar-refractivity contribution in [2.45, 2.75) is 89.8 Å². The topological polar surface area (TPSA) is 43.7 Å². The van der Waals surface area contributed by atoms with E-state index in [0.717, 1.165) is 62.6 Å². The van der Waals surface area contributed by atoms with Gasteiger partial charge in [0.2, 0.25) is 0 Å². The fourth-order valence-electron chi connectivity index (χ4n) is 6.75. The van der Waals surface area contributed by atoms with Gasteiger partial charge in [-0.2, -0.15) is 0 Å². The zero-order valence-electron chi connectivity index (χ0n) is 18.4. The molecular weight excluding hydrogens is 358 g/mol. The van der Waals surface area contributed by atoms with Gasteiger partial charge in [-0.1, -0.05) is 36.8 Å². The predicted molar refractivity (Wildman–Crippen MR) is 120 cm³/mol. The molecule has 4 unspecified atom stereocenters. The first-order valence-corrected chi connectivity index (χ1v) is 12.1. The fourth-order valence-corrected chi connectivity index (χ4v) is 6.75. The van der Waals surface area contributed by atoms with E-state index in [-0.39, 0.29) is 12.2 Å². The van der Waals surface area contributed by atoms with E-state index in [2.05, 4.69) is 30.6 Å². The SMILES string of the molecule is C=C1CC/C(=C/C=C2\CCCC3(C)C(CCN4CCC[C@H](O)C4)CCC23)CC1O. The van der Waals surface area contributed by atoms with Crippen LogP contribution in [0.25, 0.3) is 0 Å². The minimum Gasteiger partial charge on any atom is -0.392 e. The highest BCUT2D eigenvalue weighted by Gasteiger charge is 2.48. The van der Waals surface area contributed by atoms with Crippen LogP contribution in [0, 0.1) is 17.3 Å². The molecule has 162 valence electrons. The third-order valence-electron chi connectivity index (χ3n) is 8.66. The van der Waals surface area contributed by atoms with Crippen molar-refractivity contribution < 1.29 is 10.2 Å². The van der Waals surface area contributed by atoms with E-state index in [0.29, 0.717) is 5.41 Å². The lowest BCUT2D eigenvalue weighted by molar-refractivity contribution is 0.0583. The molecule has 29 heavy (non-hydrogen) atoms. The van der Waals surface area contributed by atoms with Gasteiger partial charge < -0.3 is 15.1 Å². The van der Waals surface area contributed by atoms with Crippen LogP contribution in [0.3, 0.4) is 0 Å². The number of aliphatic hydroxyl groups is 2. The largest absolute Gasteiger partial charge is 0.392 e. The number of piperidine rings is 1. The lowest BCUT2D eigenvalue weighted by Gasteiger charge is -2.43. The van der Waals surface area contributed by atoms with Crippen LogP contribution >= 0.6 is 0 Å². The minimum absolute atomic E-state index is 0.108. The molecule has 1 saturated heterocycles. The summed E-state index contributed by atoms with van der Waals surface area (Å²) in [6, 6.07) is 0. The van der Waals surface area contributed by atoms with E-state index in [4.69, 9.17) is 0 Å². The van der Waals surface area contributed by atoms with E-state index >= 15 is 0 Å². The highest BCUT2D eigenvalue weighted by Crippen LogP contribution is 2.58. The Labute approximate surface area is 177 Å². The van der Waals surface area contributed by atoms with Crippen molar-refractivity contribution in [3.8, 4) is 0 Å². The summed E-state index contributed by atoms with van der Waals surface area (Å²) in [5, 5.41) is 20.1. The summed E-state index contributed by atoms with van der Waals surface area (Å²) in [5.41, 5.74) is 4.51. The summed E-state index contributed by atoms with van der Waals surface area (Å²) in [7, 11) is 0. The van der Waals surface area contributed by atoms with E-state index < -0.39 is 0 Å². The van der Waals surface area contributed by atoms with Gasteiger partial charge >= 0.3 is 0 Å². The Morgan fingerprint density at radius 1 is 1.10 bits per heavy atom. The van der Waals surface area contributed by atoms with Crippen molar-refractivity contribution in [3.63, 3.8) is 0 Å². The monoisotopic (exact) mass is 399 g/mol. The minimum atomic E-state index is -0.339. The Morgan fingerprint density at radius 3 is 2.76 bits per heavy atom. The molecule has 4 fully saturated rings. The number of hydrogen-bond acceptors (Lipinski definition) is 3. The maximum Gasteiger partial charge on any atom is 0.0784 e. The number of aliphatic hydroxyl groups excluding tert-OH is 2. The molecule has 0 bridgehead atoms. The third kappa shape index (κ3) is 4.73. The van der Waals surface area contributed by atoms with Crippen LogP contribution in [0.15, 0.2) is 35.5 Å². The molecule has 3 aliphatic carbocycles. The summed E-state index contributed by atoms with van der Waals surface area (Å²) < 4.78 is 0. The van der Waals surface area contributed by atoms with E-state index in [1.54, 1.807) is 5.57 Å². The van der Waals surface area contributed by atoms with Crippen molar-refractivity contribution in [2.24, 2.45) is 17.3 Å². The molecule has 0 aromatic heterocycles. The second-order valence-corrected chi connectivity index (χ2v) is 10.5. The number of nitrogens with zero attached hydrogens (tertiary/aromatic N) is 1. The van der Waals surface area contributed by atoms with Gasteiger partial charge in [0.15, 0.2) is 0 Å². The lowest BCUT2D eigenvalue weighted by Crippen LogP contribution is -2.40. The number of fused-ring (bicyclic) bond motifs is 1. The second kappa shape index (κ2) is 9.08. The number of rotatable bonds is 4. The van der Waals surface area contributed by atoms with Crippen molar-refractivity contribution in [3.05, 3.63) is 35.5 Å². The van der Waals surface area contributed by atoms with E-state index in [1.807, 2.05) is 0 Å². The molecule has 3 heteroatoms. The zero-order valence-corrected chi connectivity index (χ0v) is 18.4. The molecule has 0 aromatic rings. The molecule has 5 atom stereocenters. The molecule has 1 heterocycles.